The number of aromatic nitrogens is 1. The summed E-state index contributed by atoms with van der Waals surface area (Å²) in [6, 6.07) is 1.64. The van der Waals surface area contributed by atoms with E-state index in [-0.39, 0.29) is 24.8 Å². The first-order valence-electron chi connectivity index (χ1n) is 6.67. The number of rotatable bonds is 6. The van der Waals surface area contributed by atoms with E-state index in [1.165, 1.54) is 6.20 Å². The molecule has 0 saturated heterocycles. The summed E-state index contributed by atoms with van der Waals surface area (Å²) < 4.78 is 0. The zero-order valence-electron chi connectivity index (χ0n) is 12.2. The molecule has 6 nitrogen and oxygen atoms in total. The Morgan fingerprint density at radius 1 is 1.35 bits per heavy atom. The number of pyridine rings is 1. The van der Waals surface area contributed by atoms with Crippen LogP contribution in [0.4, 0.5) is 5.69 Å². The number of hydrogen-bond donors (Lipinski definition) is 3. The standard InChI is InChI=1S/C14H22N4O2/c1-9(2)7-18-13(19)4-5-16-14(20)11-8-17-10(3)6-12(11)15/h6,8-9H,4-5,7H2,1-3H3,(H2,15,17)(H,16,20)(H,18,19). The average molecular weight is 278 g/mol. The number of amides is 2. The molecule has 1 aromatic heterocycles. The molecule has 0 bridgehead atoms. The van der Waals surface area contributed by atoms with Crippen LogP contribution in [0.2, 0.25) is 0 Å². The number of aryl methyl sites for hydroxylation is 1. The summed E-state index contributed by atoms with van der Waals surface area (Å²) in [4.78, 5) is 27.4. The summed E-state index contributed by atoms with van der Waals surface area (Å²) in [6.45, 7) is 6.76. The number of nitrogen functional groups attached to an aromatic ring is 1. The van der Waals surface area contributed by atoms with Gasteiger partial charge in [0.25, 0.3) is 5.91 Å². The molecule has 0 unspecified atom stereocenters. The van der Waals surface area contributed by atoms with E-state index in [4.69, 9.17) is 5.73 Å². The molecule has 20 heavy (non-hydrogen) atoms. The summed E-state index contributed by atoms with van der Waals surface area (Å²) in [7, 11) is 0. The number of nitrogens with zero attached hydrogens (tertiary/aromatic N) is 1. The Labute approximate surface area is 119 Å². The number of nitrogens with one attached hydrogen (secondary N) is 2. The van der Waals surface area contributed by atoms with Gasteiger partial charge in [-0.3, -0.25) is 14.6 Å². The van der Waals surface area contributed by atoms with Crippen LogP contribution in [-0.2, 0) is 4.79 Å². The molecule has 2 amide bonds. The molecular formula is C14H22N4O2. The van der Waals surface area contributed by atoms with Gasteiger partial charge in [0.2, 0.25) is 5.91 Å². The van der Waals surface area contributed by atoms with Crippen LogP contribution in [0.3, 0.4) is 0 Å². The summed E-state index contributed by atoms with van der Waals surface area (Å²) in [5, 5.41) is 5.45. The molecule has 0 saturated carbocycles. The van der Waals surface area contributed by atoms with E-state index in [0.29, 0.717) is 23.7 Å². The summed E-state index contributed by atoms with van der Waals surface area (Å²) in [5.74, 6) is 0.0210. The Balaban J connectivity index is 2.38. The lowest BCUT2D eigenvalue weighted by Gasteiger charge is -2.09. The second-order valence-electron chi connectivity index (χ2n) is 5.12. The Morgan fingerprint density at radius 3 is 2.65 bits per heavy atom. The summed E-state index contributed by atoms with van der Waals surface area (Å²) in [6.07, 6.45) is 1.69. The molecule has 0 fully saturated rings. The molecule has 0 radical (unpaired) electrons. The van der Waals surface area contributed by atoms with Crippen LogP contribution in [0.15, 0.2) is 12.3 Å². The predicted octanol–water partition coefficient (Wildman–Crippen LogP) is 0.864. The van der Waals surface area contributed by atoms with Crippen LogP contribution in [0.25, 0.3) is 0 Å². The average Bonchev–Trinajstić information content (AvgIpc) is 2.36. The Bertz CT molecular complexity index is 486. The third-order valence-electron chi connectivity index (χ3n) is 2.66. The highest BCUT2D eigenvalue weighted by atomic mass is 16.2. The third-order valence-corrected chi connectivity index (χ3v) is 2.66. The van der Waals surface area contributed by atoms with Crippen molar-refractivity contribution in [3.8, 4) is 0 Å². The molecule has 1 aromatic rings. The fraction of sp³-hybridized carbons (Fsp3) is 0.500. The highest BCUT2D eigenvalue weighted by molar-refractivity contribution is 5.98. The largest absolute Gasteiger partial charge is 0.398 e. The van der Waals surface area contributed by atoms with Gasteiger partial charge in [0.05, 0.1) is 5.56 Å². The molecule has 0 spiro atoms. The maximum atomic E-state index is 11.9. The maximum absolute atomic E-state index is 11.9. The first-order valence-corrected chi connectivity index (χ1v) is 6.67. The summed E-state index contributed by atoms with van der Waals surface area (Å²) >= 11 is 0. The van der Waals surface area contributed by atoms with E-state index in [1.54, 1.807) is 13.0 Å². The SMILES string of the molecule is Cc1cc(N)c(C(=O)NCCC(=O)NCC(C)C)cn1. The van der Waals surface area contributed by atoms with Gasteiger partial charge in [-0.1, -0.05) is 13.8 Å². The zero-order chi connectivity index (χ0) is 15.1. The van der Waals surface area contributed by atoms with E-state index in [0.717, 1.165) is 5.69 Å². The van der Waals surface area contributed by atoms with Gasteiger partial charge in [0.15, 0.2) is 0 Å². The lowest BCUT2D eigenvalue weighted by Crippen LogP contribution is -2.32. The van der Waals surface area contributed by atoms with Gasteiger partial charge in [0, 0.05) is 37.1 Å². The molecular weight excluding hydrogens is 256 g/mol. The van der Waals surface area contributed by atoms with Crippen molar-refractivity contribution in [2.75, 3.05) is 18.8 Å². The predicted molar refractivity (Wildman–Crippen MR) is 78.2 cm³/mol. The second-order valence-corrected chi connectivity index (χ2v) is 5.12. The van der Waals surface area contributed by atoms with E-state index in [2.05, 4.69) is 15.6 Å². The van der Waals surface area contributed by atoms with E-state index < -0.39 is 0 Å². The minimum atomic E-state index is -0.313. The Kier molecular flexibility index (Phi) is 5.96. The van der Waals surface area contributed by atoms with Crippen LogP contribution in [0.5, 0.6) is 0 Å². The van der Waals surface area contributed by atoms with Crippen molar-refractivity contribution in [1.82, 2.24) is 15.6 Å². The van der Waals surface area contributed by atoms with Crippen molar-refractivity contribution in [2.24, 2.45) is 5.92 Å². The van der Waals surface area contributed by atoms with Gasteiger partial charge in [0.1, 0.15) is 0 Å². The minimum Gasteiger partial charge on any atom is -0.398 e. The second kappa shape index (κ2) is 7.47. The molecule has 4 N–H and O–H groups in total. The molecule has 0 aliphatic rings. The van der Waals surface area contributed by atoms with Crippen molar-refractivity contribution < 1.29 is 9.59 Å². The van der Waals surface area contributed by atoms with Crippen LogP contribution in [0.1, 0.15) is 36.3 Å². The summed E-state index contributed by atoms with van der Waals surface area (Å²) in [5.41, 5.74) is 7.23. The highest BCUT2D eigenvalue weighted by Crippen LogP contribution is 2.10. The topological polar surface area (TPSA) is 97.1 Å². The molecule has 1 rings (SSSR count). The maximum Gasteiger partial charge on any atom is 0.254 e. The minimum absolute atomic E-state index is 0.0750. The lowest BCUT2D eigenvalue weighted by atomic mass is 10.2. The fourth-order valence-corrected chi connectivity index (χ4v) is 1.56. The normalized spacial score (nSPS) is 10.4. The van der Waals surface area contributed by atoms with Crippen LogP contribution in [-0.4, -0.2) is 29.9 Å². The van der Waals surface area contributed by atoms with Crippen LogP contribution < -0.4 is 16.4 Å². The van der Waals surface area contributed by atoms with E-state index in [1.807, 2.05) is 13.8 Å². The molecule has 6 heteroatoms. The molecule has 0 aliphatic carbocycles. The molecule has 0 atom stereocenters. The number of nitrogens with two attached hydrogens (primary N) is 1. The Morgan fingerprint density at radius 2 is 2.05 bits per heavy atom. The van der Waals surface area contributed by atoms with Crippen LogP contribution >= 0.6 is 0 Å². The van der Waals surface area contributed by atoms with Crippen molar-refractivity contribution in [2.45, 2.75) is 27.2 Å². The highest BCUT2D eigenvalue weighted by Gasteiger charge is 2.10. The fourth-order valence-electron chi connectivity index (χ4n) is 1.56. The smallest absolute Gasteiger partial charge is 0.254 e. The van der Waals surface area contributed by atoms with Gasteiger partial charge in [-0.05, 0) is 18.9 Å². The number of anilines is 1. The van der Waals surface area contributed by atoms with Crippen molar-refractivity contribution in [3.63, 3.8) is 0 Å². The third kappa shape index (κ3) is 5.26. The monoisotopic (exact) mass is 278 g/mol. The number of carbonyl (C=O) groups excluding carboxylic acids is 2. The van der Waals surface area contributed by atoms with Crippen molar-refractivity contribution in [1.29, 1.82) is 0 Å². The van der Waals surface area contributed by atoms with E-state index in [9.17, 15) is 9.59 Å². The van der Waals surface area contributed by atoms with Gasteiger partial charge in [-0.15, -0.1) is 0 Å². The van der Waals surface area contributed by atoms with Gasteiger partial charge < -0.3 is 16.4 Å². The molecule has 0 aromatic carbocycles. The number of hydrogen-bond acceptors (Lipinski definition) is 4. The lowest BCUT2D eigenvalue weighted by molar-refractivity contribution is -0.121. The first kappa shape index (κ1) is 15.9. The molecule has 0 aliphatic heterocycles. The molecule has 110 valence electrons. The Hall–Kier alpha value is -2.11. The van der Waals surface area contributed by atoms with Gasteiger partial charge >= 0.3 is 0 Å². The number of carbonyl (C=O) groups is 2. The first-order chi connectivity index (χ1) is 9.40. The van der Waals surface area contributed by atoms with E-state index >= 15 is 0 Å². The van der Waals surface area contributed by atoms with Crippen LogP contribution in [0, 0.1) is 12.8 Å². The van der Waals surface area contributed by atoms with Crippen molar-refractivity contribution >= 4 is 17.5 Å². The molecule has 1 heterocycles. The van der Waals surface area contributed by atoms with Gasteiger partial charge in [-0.2, -0.15) is 0 Å². The quantitative estimate of drug-likeness (QED) is 0.719. The van der Waals surface area contributed by atoms with Crippen molar-refractivity contribution in [3.05, 3.63) is 23.5 Å². The van der Waals surface area contributed by atoms with Gasteiger partial charge in [-0.25, -0.2) is 0 Å². The zero-order valence-corrected chi connectivity index (χ0v) is 12.2.